The van der Waals surface area contributed by atoms with Crippen LogP contribution in [0.4, 0.5) is 4.39 Å². The van der Waals surface area contributed by atoms with E-state index in [0.29, 0.717) is 17.9 Å². The zero-order chi connectivity index (χ0) is 22.5. The van der Waals surface area contributed by atoms with Gasteiger partial charge in [-0.1, -0.05) is 44.2 Å². The number of carbonyl (C=O) groups excluding carboxylic acids is 2. The fraction of sp³-hybridized carbons (Fsp3) is 0.333. The molecule has 1 unspecified atom stereocenters. The van der Waals surface area contributed by atoms with E-state index in [-0.39, 0.29) is 23.4 Å². The molecule has 0 radical (unpaired) electrons. The maximum Gasteiger partial charge on any atom is 0.295 e. The van der Waals surface area contributed by atoms with Gasteiger partial charge in [-0.15, -0.1) is 0 Å². The predicted octanol–water partition coefficient (Wildman–Crippen LogP) is 3.60. The third-order valence-corrected chi connectivity index (χ3v) is 5.63. The van der Waals surface area contributed by atoms with E-state index < -0.39 is 23.5 Å². The fourth-order valence-corrected chi connectivity index (χ4v) is 3.85. The third-order valence-electron chi connectivity index (χ3n) is 5.63. The number of likely N-dealkylation sites (tertiary alicyclic amines) is 1. The number of likely N-dealkylation sites (N-methyl/N-ethyl adjacent to an activating group) is 1. The van der Waals surface area contributed by atoms with Crippen LogP contribution < -0.4 is 4.74 Å². The highest BCUT2D eigenvalue weighted by atomic mass is 19.1. The van der Waals surface area contributed by atoms with Crippen molar-refractivity contribution in [3.8, 4) is 5.75 Å². The number of ether oxygens (including phenoxy) is 1. The van der Waals surface area contributed by atoms with Gasteiger partial charge in [-0.2, -0.15) is 0 Å². The Bertz CT molecular complexity index is 1000. The molecule has 31 heavy (non-hydrogen) atoms. The van der Waals surface area contributed by atoms with Crippen molar-refractivity contribution >= 4 is 17.4 Å². The molecule has 7 heteroatoms. The van der Waals surface area contributed by atoms with Crippen LogP contribution in [0.3, 0.4) is 0 Å². The Labute approximate surface area is 181 Å². The molecule has 3 rings (SSSR count). The van der Waals surface area contributed by atoms with Gasteiger partial charge >= 0.3 is 0 Å². The van der Waals surface area contributed by atoms with Crippen molar-refractivity contribution in [1.82, 2.24) is 9.80 Å². The Morgan fingerprint density at radius 2 is 1.84 bits per heavy atom. The maximum absolute atomic E-state index is 14.8. The number of hydrogen-bond acceptors (Lipinski definition) is 5. The Kier molecular flexibility index (Phi) is 7.07. The molecule has 0 spiro atoms. The van der Waals surface area contributed by atoms with Crippen LogP contribution in [0, 0.1) is 5.82 Å². The van der Waals surface area contributed by atoms with Crippen LogP contribution in [0.5, 0.6) is 5.75 Å². The molecule has 0 aliphatic carbocycles. The Balaban J connectivity index is 2.13. The first-order valence-electron chi connectivity index (χ1n) is 10.3. The second-order valence-corrected chi connectivity index (χ2v) is 7.27. The molecule has 2 aromatic rings. The minimum Gasteiger partial charge on any atom is -0.507 e. The molecule has 2 aromatic carbocycles. The molecule has 1 saturated heterocycles. The number of ketones is 1. The van der Waals surface area contributed by atoms with Gasteiger partial charge in [0.2, 0.25) is 0 Å². The number of hydrogen-bond donors (Lipinski definition) is 1. The quantitative estimate of drug-likeness (QED) is 0.397. The van der Waals surface area contributed by atoms with Crippen LogP contribution in [-0.4, -0.2) is 59.9 Å². The molecule has 1 N–H and O–H groups in total. The summed E-state index contributed by atoms with van der Waals surface area (Å²) in [4.78, 5) is 29.4. The number of halogens is 1. The minimum absolute atomic E-state index is 0.122. The van der Waals surface area contributed by atoms with Crippen molar-refractivity contribution in [2.45, 2.75) is 19.9 Å². The highest BCUT2D eigenvalue weighted by molar-refractivity contribution is 6.46. The number of aliphatic hydroxyl groups excluding tert-OH is 1. The molecule has 1 atom stereocenters. The molecule has 1 fully saturated rings. The number of aliphatic hydroxyl groups is 1. The Hall–Kier alpha value is -3.19. The highest BCUT2D eigenvalue weighted by Crippen LogP contribution is 2.40. The van der Waals surface area contributed by atoms with Gasteiger partial charge in [0, 0.05) is 24.2 Å². The monoisotopic (exact) mass is 426 g/mol. The van der Waals surface area contributed by atoms with Gasteiger partial charge in [0.15, 0.2) is 0 Å². The van der Waals surface area contributed by atoms with Crippen LogP contribution in [0.2, 0.25) is 0 Å². The molecule has 164 valence electrons. The maximum atomic E-state index is 14.8. The lowest BCUT2D eigenvalue weighted by atomic mass is 9.95. The van der Waals surface area contributed by atoms with Crippen molar-refractivity contribution in [2.75, 3.05) is 33.3 Å². The van der Waals surface area contributed by atoms with Gasteiger partial charge in [-0.05, 0) is 31.3 Å². The predicted molar refractivity (Wildman–Crippen MR) is 116 cm³/mol. The first kappa shape index (κ1) is 22.5. The van der Waals surface area contributed by atoms with E-state index in [1.165, 1.54) is 24.1 Å². The Morgan fingerprint density at radius 1 is 1.13 bits per heavy atom. The van der Waals surface area contributed by atoms with E-state index in [1.54, 1.807) is 36.4 Å². The lowest BCUT2D eigenvalue weighted by molar-refractivity contribution is -0.140. The molecule has 0 bridgehead atoms. The second-order valence-electron chi connectivity index (χ2n) is 7.27. The number of Topliss-reactive ketones (excluding diaryl/α,β-unsaturated/α-hetero) is 1. The van der Waals surface area contributed by atoms with Crippen molar-refractivity contribution in [3.63, 3.8) is 0 Å². The van der Waals surface area contributed by atoms with Crippen molar-refractivity contribution in [1.29, 1.82) is 0 Å². The zero-order valence-corrected chi connectivity index (χ0v) is 18.0. The molecule has 0 saturated carbocycles. The van der Waals surface area contributed by atoms with E-state index in [4.69, 9.17) is 4.74 Å². The van der Waals surface area contributed by atoms with Crippen molar-refractivity contribution < 1.29 is 23.8 Å². The molecule has 1 aliphatic rings. The van der Waals surface area contributed by atoms with Crippen LogP contribution in [-0.2, 0) is 9.59 Å². The summed E-state index contributed by atoms with van der Waals surface area (Å²) in [6, 6.07) is 11.5. The Morgan fingerprint density at radius 3 is 2.48 bits per heavy atom. The van der Waals surface area contributed by atoms with Crippen molar-refractivity contribution in [2.24, 2.45) is 0 Å². The van der Waals surface area contributed by atoms with Crippen LogP contribution >= 0.6 is 0 Å². The van der Waals surface area contributed by atoms with Gasteiger partial charge in [0.1, 0.15) is 17.3 Å². The number of methoxy groups -OCH3 is 1. The average Bonchev–Trinajstić information content (AvgIpc) is 3.04. The molecule has 1 heterocycles. The molecule has 1 aliphatic heterocycles. The topological polar surface area (TPSA) is 70.1 Å². The van der Waals surface area contributed by atoms with Gasteiger partial charge in [-0.25, -0.2) is 4.39 Å². The minimum atomic E-state index is -1.01. The summed E-state index contributed by atoms with van der Waals surface area (Å²) >= 11 is 0. The number of amides is 1. The summed E-state index contributed by atoms with van der Waals surface area (Å²) in [6.45, 7) is 6.36. The van der Waals surface area contributed by atoms with E-state index in [0.717, 1.165) is 13.1 Å². The van der Waals surface area contributed by atoms with Gasteiger partial charge in [0.25, 0.3) is 11.7 Å². The summed E-state index contributed by atoms with van der Waals surface area (Å²) < 4.78 is 20.0. The number of nitrogens with zero attached hydrogens (tertiary/aromatic N) is 2. The molecule has 6 nitrogen and oxygen atoms in total. The smallest absolute Gasteiger partial charge is 0.295 e. The summed E-state index contributed by atoms with van der Waals surface area (Å²) in [6.07, 6.45) is 0. The molecule has 1 amide bonds. The normalized spacial score (nSPS) is 18.1. The molecular formula is C24H27FN2O4. The lowest BCUT2D eigenvalue weighted by Gasteiger charge is -2.28. The lowest BCUT2D eigenvalue weighted by Crippen LogP contribution is -2.38. The SMILES string of the molecule is CCN(CC)CCN1C(=O)C(=O)C(=C(O)c2cccc(OC)c2)C1c1ccccc1F. The van der Waals surface area contributed by atoms with Crippen LogP contribution in [0.25, 0.3) is 5.76 Å². The average molecular weight is 426 g/mol. The third kappa shape index (κ3) is 4.46. The first-order chi connectivity index (χ1) is 14.9. The van der Waals surface area contributed by atoms with E-state index in [1.807, 2.05) is 13.8 Å². The van der Waals surface area contributed by atoms with Gasteiger partial charge < -0.3 is 19.6 Å². The fourth-order valence-electron chi connectivity index (χ4n) is 3.85. The van der Waals surface area contributed by atoms with Crippen LogP contribution in [0.1, 0.15) is 31.0 Å². The number of carbonyl (C=O) groups is 2. The van der Waals surface area contributed by atoms with E-state index in [2.05, 4.69) is 4.90 Å². The number of benzene rings is 2. The standard InChI is InChI=1S/C24H27FN2O4/c1-4-26(5-2)13-14-27-21(18-11-6-7-12-19(18)25)20(23(29)24(27)30)22(28)16-9-8-10-17(15-16)31-3/h6-12,15,21,28H,4-5,13-14H2,1-3H3. The summed E-state index contributed by atoms with van der Waals surface area (Å²) in [7, 11) is 1.49. The zero-order valence-electron chi connectivity index (χ0n) is 18.0. The second kappa shape index (κ2) is 9.75. The van der Waals surface area contributed by atoms with Crippen LogP contribution in [0.15, 0.2) is 54.1 Å². The molecular weight excluding hydrogens is 399 g/mol. The first-order valence-corrected chi connectivity index (χ1v) is 10.3. The summed E-state index contributed by atoms with van der Waals surface area (Å²) in [5, 5.41) is 11.0. The van der Waals surface area contributed by atoms with E-state index in [9.17, 15) is 19.1 Å². The van der Waals surface area contributed by atoms with Gasteiger partial charge in [-0.3, -0.25) is 9.59 Å². The van der Waals surface area contributed by atoms with Gasteiger partial charge in [0.05, 0.1) is 18.7 Å². The van der Waals surface area contributed by atoms with Crippen molar-refractivity contribution in [3.05, 3.63) is 71.0 Å². The summed E-state index contributed by atoms with van der Waals surface area (Å²) in [5.41, 5.74) is 0.371. The number of rotatable bonds is 8. The highest BCUT2D eigenvalue weighted by Gasteiger charge is 2.46. The van der Waals surface area contributed by atoms with E-state index >= 15 is 0 Å². The molecule has 0 aromatic heterocycles. The largest absolute Gasteiger partial charge is 0.507 e. The summed E-state index contributed by atoms with van der Waals surface area (Å²) in [5.74, 6) is -1.98.